The van der Waals surface area contributed by atoms with Crippen molar-refractivity contribution in [2.24, 2.45) is 0 Å². The van der Waals surface area contributed by atoms with Gasteiger partial charge < -0.3 is 5.32 Å². The van der Waals surface area contributed by atoms with E-state index in [4.69, 9.17) is 0 Å². The van der Waals surface area contributed by atoms with Gasteiger partial charge in [-0.15, -0.1) is 11.3 Å². The molecule has 5 heteroatoms. The minimum atomic E-state index is -0.0398. The van der Waals surface area contributed by atoms with Crippen LogP contribution in [-0.4, -0.2) is 22.4 Å². The first-order valence-electron chi connectivity index (χ1n) is 5.14. The Balaban J connectivity index is 2.70. The zero-order valence-corrected chi connectivity index (χ0v) is 12.0. The van der Waals surface area contributed by atoms with Crippen molar-refractivity contribution in [3.63, 3.8) is 0 Å². The van der Waals surface area contributed by atoms with Gasteiger partial charge in [0.2, 0.25) is 5.91 Å². The summed E-state index contributed by atoms with van der Waals surface area (Å²) in [6, 6.07) is 0. The highest BCUT2D eigenvalue weighted by Crippen LogP contribution is 2.26. The van der Waals surface area contributed by atoms with Crippen molar-refractivity contribution < 1.29 is 4.79 Å². The molecule has 0 aliphatic heterocycles. The van der Waals surface area contributed by atoms with Crippen molar-refractivity contribution in [3.05, 3.63) is 11.1 Å². The maximum absolute atomic E-state index is 11.6. The topological polar surface area (TPSA) is 42.0 Å². The van der Waals surface area contributed by atoms with Crippen molar-refractivity contribution >= 4 is 34.1 Å². The molecule has 0 fully saturated rings. The molecule has 0 bridgehead atoms. The molecular weight excluding hydrogens is 240 g/mol. The fourth-order valence-electron chi connectivity index (χ4n) is 0.990. The van der Waals surface area contributed by atoms with Gasteiger partial charge in [0.1, 0.15) is 0 Å². The van der Waals surface area contributed by atoms with E-state index in [0.717, 1.165) is 5.69 Å². The lowest BCUT2D eigenvalue weighted by molar-refractivity contribution is -0.115. The van der Waals surface area contributed by atoms with E-state index in [1.165, 1.54) is 23.1 Å². The third-order valence-corrected chi connectivity index (χ3v) is 3.90. The molecule has 1 atom stereocenters. The summed E-state index contributed by atoms with van der Waals surface area (Å²) >= 11 is 3.01. The summed E-state index contributed by atoms with van der Waals surface area (Å²) in [5, 5.41) is 5.48. The second kappa shape index (κ2) is 5.19. The first kappa shape index (κ1) is 13.5. The van der Waals surface area contributed by atoms with Gasteiger partial charge in [0.05, 0.1) is 10.9 Å². The lowest BCUT2D eigenvalue weighted by Gasteiger charge is -2.14. The number of thiazole rings is 1. The van der Waals surface area contributed by atoms with E-state index in [0.29, 0.717) is 5.13 Å². The van der Waals surface area contributed by atoms with E-state index in [1.54, 1.807) is 0 Å². The van der Waals surface area contributed by atoms with Crippen LogP contribution in [0.25, 0.3) is 0 Å². The smallest absolute Gasteiger partial charge is 0.238 e. The predicted molar refractivity (Wildman–Crippen MR) is 72.4 cm³/mol. The van der Waals surface area contributed by atoms with Crippen LogP contribution in [0.5, 0.6) is 0 Å². The zero-order valence-electron chi connectivity index (χ0n) is 10.3. The number of thioether (sulfide) groups is 1. The summed E-state index contributed by atoms with van der Waals surface area (Å²) in [7, 11) is 0. The number of hydrogen-bond acceptors (Lipinski definition) is 4. The Bertz CT molecular complexity index is 368. The molecule has 0 aliphatic carbocycles. The Hall–Kier alpha value is -0.550. The van der Waals surface area contributed by atoms with E-state index in [2.05, 4.69) is 31.1 Å². The third kappa shape index (κ3) is 3.49. The molecule has 0 aromatic carbocycles. The summed E-state index contributed by atoms with van der Waals surface area (Å²) in [6.07, 6.45) is 1.92. The molecular formula is C11H18N2OS2. The Labute approximate surface area is 105 Å². The average molecular weight is 258 g/mol. The van der Waals surface area contributed by atoms with Crippen LogP contribution in [-0.2, 0) is 10.2 Å². The fraction of sp³-hybridized carbons (Fsp3) is 0.636. The van der Waals surface area contributed by atoms with Crippen LogP contribution >= 0.6 is 23.1 Å². The van der Waals surface area contributed by atoms with Crippen molar-refractivity contribution in [2.75, 3.05) is 11.6 Å². The van der Waals surface area contributed by atoms with Crippen molar-refractivity contribution in [3.8, 4) is 0 Å². The van der Waals surface area contributed by atoms with Gasteiger partial charge in [-0.05, 0) is 13.2 Å². The van der Waals surface area contributed by atoms with Crippen LogP contribution < -0.4 is 5.32 Å². The van der Waals surface area contributed by atoms with E-state index >= 15 is 0 Å². The van der Waals surface area contributed by atoms with E-state index in [9.17, 15) is 4.79 Å². The molecule has 1 unspecified atom stereocenters. The Morgan fingerprint density at radius 2 is 2.19 bits per heavy atom. The summed E-state index contributed by atoms with van der Waals surface area (Å²) in [5.41, 5.74) is 1.05. The number of carbonyl (C=O) groups is 1. The highest BCUT2D eigenvalue weighted by atomic mass is 32.2. The molecule has 3 nitrogen and oxygen atoms in total. The number of aromatic nitrogens is 1. The molecule has 0 saturated heterocycles. The van der Waals surface area contributed by atoms with Crippen LogP contribution in [0.4, 0.5) is 5.13 Å². The minimum Gasteiger partial charge on any atom is -0.301 e. The normalized spacial score (nSPS) is 13.6. The summed E-state index contributed by atoms with van der Waals surface area (Å²) in [6.45, 7) is 8.22. The first-order valence-corrected chi connectivity index (χ1v) is 7.31. The van der Waals surface area contributed by atoms with Crippen LogP contribution in [0.15, 0.2) is 5.38 Å². The predicted octanol–water partition coefficient (Wildman–Crippen LogP) is 3.13. The zero-order chi connectivity index (χ0) is 12.3. The number of carbonyl (C=O) groups excluding carboxylic acids is 1. The van der Waals surface area contributed by atoms with Crippen LogP contribution in [0.1, 0.15) is 33.4 Å². The van der Waals surface area contributed by atoms with Crippen LogP contribution in [0.2, 0.25) is 0 Å². The largest absolute Gasteiger partial charge is 0.301 e. The highest BCUT2D eigenvalue weighted by Gasteiger charge is 2.19. The summed E-state index contributed by atoms with van der Waals surface area (Å²) in [5.74, 6) is 0.0160. The van der Waals surface area contributed by atoms with Crippen molar-refractivity contribution in [2.45, 2.75) is 38.4 Å². The van der Waals surface area contributed by atoms with Gasteiger partial charge in [-0.2, -0.15) is 11.8 Å². The fourth-order valence-corrected chi connectivity index (χ4v) is 2.20. The quantitative estimate of drug-likeness (QED) is 0.905. The minimum absolute atomic E-state index is 0.0160. The van der Waals surface area contributed by atoms with Gasteiger partial charge in [-0.3, -0.25) is 4.79 Å². The standard InChI is InChI=1S/C11H18N2OS2/c1-7(15-5)9(14)13-10-12-8(6-16-10)11(2,3)4/h6-7H,1-5H3,(H,12,13,14). The maximum atomic E-state index is 11.6. The van der Waals surface area contributed by atoms with Gasteiger partial charge >= 0.3 is 0 Å². The second-order valence-corrected chi connectivity index (χ2v) is 6.69. The van der Waals surface area contributed by atoms with Gasteiger partial charge in [0.25, 0.3) is 0 Å². The van der Waals surface area contributed by atoms with Gasteiger partial charge in [0, 0.05) is 10.8 Å². The summed E-state index contributed by atoms with van der Waals surface area (Å²) < 4.78 is 0. The van der Waals surface area contributed by atoms with Crippen LogP contribution in [0, 0.1) is 0 Å². The summed E-state index contributed by atoms with van der Waals surface area (Å²) in [4.78, 5) is 16.1. The molecule has 0 spiro atoms. The molecule has 16 heavy (non-hydrogen) atoms. The number of anilines is 1. The maximum Gasteiger partial charge on any atom is 0.238 e. The molecule has 90 valence electrons. The number of rotatable bonds is 3. The molecule has 1 aromatic heterocycles. The SMILES string of the molecule is CSC(C)C(=O)Nc1nc(C(C)(C)C)cs1. The third-order valence-electron chi connectivity index (χ3n) is 2.23. The lowest BCUT2D eigenvalue weighted by atomic mass is 9.93. The Morgan fingerprint density at radius 3 is 2.62 bits per heavy atom. The van der Waals surface area contributed by atoms with Gasteiger partial charge in [-0.1, -0.05) is 20.8 Å². The number of nitrogens with one attached hydrogen (secondary N) is 1. The Morgan fingerprint density at radius 1 is 1.56 bits per heavy atom. The number of nitrogens with zero attached hydrogens (tertiary/aromatic N) is 1. The monoisotopic (exact) mass is 258 g/mol. The Kier molecular flexibility index (Phi) is 4.38. The molecule has 1 N–H and O–H groups in total. The molecule has 0 saturated carbocycles. The van der Waals surface area contributed by atoms with E-state index in [-0.39, 0.29) is 16.6 Å². The molecule has 0 radical (unpaired) electrons. The van der Waals surface area contributed by atoms with Crippen molar-refractivity contribution in [1.29, 1.82) is 0 Å². The van der Waals surface area contributed by atoms with E-state index in [1.807, 2.05) is 18.6 Å². The van der Waals surface area contributed by atoms with E-state index < -0.39 is 0 Å². The molecule has 1 rings (SSSR count). The lowest BCUT2D eigenvalue weighted by Crippen LogP contribution is -2.22. The number of hydrogen-bond donors (Lipinski definition) is 1. The van der Waals surface area contributed by atoms with Crippen LogP contribution in [0.3, 0.4) is 0 Å². The second-order valence-electron chi connectivity index (χ2n) is 4.66. The molecule has 1 amide bonds. The highest BCUT2D eigenvalue weighted by molar-refractivity contribution is 7.99. The first-order chi connectivity index (χ1) is 7.34. The van der Waals surface area contributed by atoms with Gasteiger partial charge in [0.15, 0.2) is 5.13 Å². The molecule has 1 heterocycles. The van der Waals surface area contributed by atoms with Gasteiger partial charge in [-0.25, -0.2) is 4.98 Å². The molecule has 0 aliphatic rings. The number of amides is 1. The van der Waals surface area contributed by atoms with Crippen molar-refractivity contribution in [1.82, 2.24) is 4.98 Å². The molecule has 1 aromatic rings. The average Bonchev–Trinajstić information content (AvgIpc) is 2.64.